The van der Waals surface area contributed by atoms with Gasteiger partial charge in [-0.3, -0.25) is 4.79 Å². The van der Waals surface area contributed by atoms with Crippen LogP contribution < -0.4 is 0 Å². The van der Waals surface area contributed by atoms with Crippen molar-refractivity contribution in [1.82, 2.24) is 15.2 Å². The Morgan fingerprint density at radius 3 is 2.76 bits per heavy atom. The Hall–Kier alpha value is -2.86. The number of fused-ring (bicyclic) bond motifs is 1. The summed E-state index contributed by atoms with van der Waals surface area (Å²) in [6.07, 6.45) is 4.94. The van der Waals surface area contributed by atoms with E-state index in [0.29, 0.717) is 22.6 Å². The van der Waals surface area contributed by atoms with Crippen LogP contribution in [-0.4, -0.2) is 21.0 Å². The lowest BCUT2D eigenvalue weighted by molar-refractivity contribution is 0.0990. The molecule has 5 nitrogen and oxygen atoms in total. The molecular formula is C23H21N3O2S. The van der Waals surface area contributed by atoms with Gasteiger partial charge in [0.15, 0.2) is 5.78 Å². The number of hydrogen-bond donors (Lipinski definition) is 1. The molecule has 5 rings (SSSR count). The zero-order valence-corrected chi connectivity index (χ0v) is 16.9. The molecule has 6 heteroatoms. The maximum Gasteiger partial charge on any atom is 0.277 e. The van der Waals surface area contributed by atoms with Crippen LogP contribution in [0.4, 0.5) is 0 Å². The van der Waals surface area contributed by atoms with Gasteiger partial charge >= 0.3 is 0 Å². The van der Waals surface area contributed by atoms with Crippen molar-refractivity contribution in [1.29, 1.82) is 0 Å². The van der Waals surface area contributed by atoms with E-state index in [0.717, 1.165) is 35.7 Å². The smallest absolute Gasteiger partial charge is 0.277 e. The molecule has 0 spiro atoms. The molecule has 1 unspecified atom stereocenters. The quantitative estimate of drug-likeness (QED) is 0.316. The second-order valence-electron chi connectivity index (χ2n) is 7.35. The normalized spacial score (nSPS) is 14.9. The summed E-state index contributed by atoms with van der Waals surface area (Å²) in [4.78, 5) is 17.0. The van der Waals surface area contributed by atoms with Gasteiger partial charge in [-0.25, -0.2) is 0 Å². The molecule has 2 heterocycles. The number of hydrogen-bond acceptors (Lipinski definition) is 5. The number of thioether (sulfide) groups is 1. The van der Waals surface area contributed by atoms with E-state index in [4.69, 9.17) is 4.42 Å². The minimum absolute atomic E-state index is 0.0341. The van der Waals surface area contributed by atoms with Gasteiger partial charge in [-0.2, -0.15) is 0 Å². The molecule has 1 aliphatic rings. The fourth-order valence-electron chi connectivity index (χ4n) is 3.62. The third kappa shape index (κ3) is 3.49. The number of para-hydroxylation sites is 1. The van der Waals surface area contributed by atoms with E-state index in [1.165, 1.54) is 17.3 Å². The topological polar surface area (TPSA) is 71.8 Å². The maximum atomic E-state index is 13.6. The second kappa shape index (κ2) is 7.52. The van der Waals surface area contributed by atoms with Gasteiger partial charge in [0, 0.05) is 28.6 Å². The van der Waals surface area contributed by atoms with E-state index in [1.807, 2.05) is 48.7 Å². The highest BCUT2D eigenvalue weighted by Gasteiger charge is 2.32. The number of ketones is 1. The molecule has 4 aromatic rings. The molecule has 2 aromatic carbocycles. The summed E-state index contributed by atoms with van der Waals surface area (Å²) in [7, 11) is 0. The predicted molar refractivity (Wildman–Crippen MR) is 113 cm³/mol. The molecule has 1 N–H and O–H groups in total. The number of carbonyl (C=O) groups excluding carboxylic acids is 1. The van der Waals surface area contributed by atoms with E-state index in [9.17, 15) is 4.79 Å². The Labute approximate surface area is 172 Å². The van der Waals surface area contributed by atoms with Crippen molar-refractivity contribution >= 4 is 28.4 Å². The number of H-pyrrole nitrogens is 1. The number of aromatic amines is 1. The first-order valence-corrected chi connectivity index (χ1v) is 10.8. The van der Waals surface area contributed by atoms with Gasteiger partial charge in [0.1, 0.15) is 5.25 Å². The lowest BCUT2D eigenvalue weighted by atomic mass is 10.0. The Kier molecular flexibility index (Phi) is 4.72. The summed E-state index contributed by atoms with van der Waals surface area (Å²) in [6.45, 7) is 2.12. The number of aromatic nitrogens is 3. The van der Waals surface area contributed by atoms with Crippen LogP contribution in [-0.2, 0) is 6.42 Å². The predicted octanol–water partition coefficient (Wildman–Crippen LogP) is 5.71. The zero-order valence-electron chi connectivity index (χ0n) is 16.1. The fraction of sp³-hybridized carbons (Fsp3) is 0.261. The highest BCUT2D eigenvalue weighted by molar-refractivity contribution is 8.00. The molecule has 0 radical (unpaired) electrons. The summed E-state index contributed by atoms with van der Waals surface area (Å²) in [5.74, 6) is 1.11. The van der Waals surface area contributed by atoms with Crippen LogP contribution in [0.2, 0.25) is 0 Å². The van der Waals surface area contributed by atoms with Crippen LogP contribution in [0.25, 0.3) is 10.9 Å². The van der Waals surface area contributed by atoms with E-state index in [2.05, 4.69) is 28.2 Å². The number of rotatable bonds is 7. The lowest BCUT2D eigenvalue weighted by Gasteiger charge is -2.13. The van der Waals surface area contributed by atoms with Crippen molar-refractivity contribution in [2.24, 2.45) is 0 Å². The molecule has 1 atom stereocenters. The number of nitrogens with one attached hydrogen (secondary N) is 1. The number of Topliss-reactive ketones (excluding diaryl/α,β-unsaturated/α-hetero) is 1. The van der Waals surface area contributed by atoms with Gasteiger partial charge in [-0.15, -0.1) is 10.2 Å². The molecule has 0 aliphatic heterocycles. The molecule has 29 heavy (non-hydrogen) atoms. The molecule has 146 valence electrons. The van der Waals surface area contributed by atoms with Crippen LogP contribution in [0.3, 0.4) is 0 Å². The Morgan fingerprint density at radius 1 is 1.17 bits per heavy atom. The highest BCUT2D eigenvalue weighted by atomic mass is 32.2. The van der Waals surface area contributed by atoms with Crippen LogP contribution in [0.1, 0.15) is 58.3 Å². The number of aryl methyl sites for hydroxylation is 1. The molecule has 1 saturated carbocycles. The van der Waals surface area contributed by atoms with E-state index < -0.39 is 5.25 Å². The van der Waals surface area contributed by atoms with Crippen molar-refractivity contribution < 1.29 is 9.21 Å². The van der Waals surface area contributed by atoms with Crippen LogP contribution >= 0.6 is 11.8 Å². The summed E-state index contributed by atoms with van der Waals surface area (Å²) in [5.41, 5.74) is 3.86. The minimum atomic E-state index is -0.451. The Bertz CT molecular complexity index is 1160. The molecule has 1 aliphatic carbocycles. The van der Waals surface area contributed by atoms with Crippen LogP contribution in [0, 0.1) is 0 Å². The summed E-state index contributed by atoms with van der Waals surface area (Å²) >= 11 is 1.33. The monoisotopic (exact) mass is 403 g/mol. The molecule has 0 saturated heterocycles. The van der Waals surface area contributed by atoms with Crippen LogP contribution in [0.5, 0.6) is 0 Å². The largest absolute Gasteiger partial charge is 0.416 e. The number of benzene rings is 2. The van der Waals surface area contributed by atoms with Crippen molar-refractivity contribution in [2.75, 3.05) is 0 Å². The van der Waals surface area contributed by atoms with Gasteiger partial charge in [-0.1, -0.05) is 55.5 Å². The average molecular weight is 404 g/mol. The molecule has 0 amide bonds. The number of nitrogens with zero attached hydrogens (tertiary/aromatic N) is 2. The average Bonchev–Trinajstić information content (AvgIpc) is 3.35. The fourth-order valence-corrected chi connectivity index (χ4v) is 4.57. The maximum absolute atomic E-state index is 13.6. The molecule has 2 aromatic heterocycles. The van der Waals surface area contributed by atoms with E-state index >= 15 is 0 Å². The molecular weight excluding hydrogens is 382 g/mol. The molecule has 0 bridgehead atoms. The number of carbonyl (C=O) groups is 1. The van der Waals surface area contributed by atoms with E-state index in [-0.39, 0.29) is 5.78 Å². The lowest BCUT2D eigenvalue weighted by Crippen LogP contribution is -2.09. The van der Waals surface area contributed by atoms with Gasteiger partial charge < -0.3 is 9.40 Å². The van der Waals surface area contributed by atoms with Gasteiger partial charge in [0.25, 0.3) is 5.22 Å². The Balaban J connectivity index is 1.52. The first-order chi connectivity index (χ1) is 14.2. The third-order valence-electron chi connectivity index (χ3n) is 5.36. The summed E-state index contributed by atoms with van der Waals surface area (Å²) < 4.78 is 5.83. The van der Waals surface area contributed by atoms with Crippen molar-refractivity contribution in [3.63, 3.8) is 0 Å². The Morgan fingerprint density at radius 2 is 2.00 bits per heavy atom. The van der Waals surface area contributed by atoms with Gasteiger partial charge in [-0.05, 0) is 42.2 Å². The van der Waals surface area contributed by atoms with Crippen molar-refractivity contribution in [3.8, 4) is 0 Å². The molecule has 1 fully saturated rings. The first-order valence-electron chi connectivity index (χ1n) is 9.92. The SMILES string of the molecule is CCc1cccc2c(C(=O)C(Sc3nnc(C4CC4)o3)c3ccccc3)c[nH]c12. The first kappa shape index (κ1) is 18.2. The van der Waals surface area contributed by atoms with E-state index in [1.54, 1.807) is 0 Å². The third-order valence-corrected chi connectivity index (χ3v) is 6.44. The van der Waals surface area contributed by atoms with Crippen molar-refractivity contribution in [3.05, 3.63) is 77.3 Å². The standard InChI is InChI=1S/C23H21N3O2S/c1-2-14-9-6-10-17-18(13-24-19(14)17)20(27)21(15-7-4-3-5-8-15)29-23-26-25-22(28-23)16-11-12-16/h3-10,13,16,21,24H,2,11-12H2,1H3. The highest BCUT2D eigenvalue weighted by Crippen LogP contribution is 2.43. The van der Waals surface area contributed by atoms with Crippen LogP contribution in [0.15, 0.2) is 64.4 Å². The summed E-state index contributed by atoms with van der Waals surface area (Å²) in [5, 5.41) is 9.30. The van der Waals surface area contributed by atoms with Gasteiger partial charge in [0.05, 0.1) is 0 Å². The van der Waals surface area contributed by atoms with Gasteiger partial charge in [0.2, 0.25) is 5.89 Å². The second-order valence-corrected chi connectivity index (χ2v) is 8.41. The summed E-state index contributed by atoms with van der Waals surface area (Å²) in [6, 6.07) is 15.9. The zero-order chi connectivity index (χ0) is 19.8. The minimum Gasteiger partial charge on any atom is -0.416 e. The van der Waals surface area contributed by atoms with Crippen molar-refractivity contribution in [2.45, 2.75) is 42.6 Å².